The van der Waals surface area contributed by atoms with Crippen LogP contribution >= 0.6 is 0 Å². The number of carbonyl (C=O) groups is 1. The molecule has 0 saturated carbocycles. The van der Waals surface area contributed by atoms with E-state index in [-0.39, 0.29) is 12.7 Å². The molecule has 1 aliphatic heterocycles. The molecule has 25 heavy (non-hydrogen) atoms. The van der Waals surface area contributed by atoms with Crippen LogP contribution in [0.4, 0.5) is 5.69 Å². The number of methoxy groups -OCH3 is 1. The maximum atomic E-state index is 11.9. The number of nitrogens with one attached hydrogen (secondary N) is 2. The van der Waals surface area contributed by atoms with Crippen molar-refractivity contribution in [2.45, 2.75) is 12.8 Å². The number of ether oxygens (including phenoxy) is 3. The first-order valence-electron chi connectivity index (χ1n) is 8.28. The Kier molecular flexibility index (Phi) is 5.61. The van der Waals surface area contributed by atoms with E-state index in [9.17, 15) is 4.79 Å². The first-order chi connectivity index (χ1) is 12.3. The molecule has 3 rings (SSSR count). The molecule has 2 aromatic carbocycles. The highest BCUT2D eigenvalue weighted by Gasteiger charge is 2.13. The van der Waals surface area contributed by atoms with Crippen LogP contribution in [-0.4, -0.2) is 32.9 Å². The van der Waals surface area contributed by atoms with Crippen LogP contribution in [0.2, 0.25) is 0 Å². The van der Waals surface area contributed by atoms with Gasteiger partial charge in [-0.2, -0.15) is 0 Å². The molecule has 1 amide bonds. The molecular formula is C19H22N2O4. The van der Waals surface area contributed by atoms with Crippen molar-refractivity contribution in [2.24, 2.45) is 0 Å². The van der Waals surface area contributed by atoms with Crippen molar-refractivity contribution in [1.29, 1.82) is 0 Å². The van der Waals surface area contributed by atoms with E-state index < -0.39 is 0 Å². The number of fused-ring (bicyclic) bond motifs is 1. The summed E-state index contributed by atoms with van der Waals surface area (Å²) in [5.74, 6) is 2.34. The number of para-hydroxylation sites is 1. The van der Waals surface area contributed by atoms with Crippen molar-refractivity contribution < 1.29 is 19.0 Å². The van der Waals surface area contributed by atoms with Crippen LogP contribution in [0, 0.1) is 0 Å². The van der Waals surface area contributed by atoms with E-state index in [4.69, 9.17) is 14.2 Å². The molecule has 0 spiro atoms. The van der Waals surface area contributed by atoms with Crippen LogP contribution in [-0.2, 0) is 11.2 Å². The molecule has 1 heterocycles. The van der Waals surface area contributed by atoms with Crippen molar-refractivity contribution in [1.82, 2.24) is 5.32 Å². The molecule has 0 unspecified atom stereocenters. The molecule has 2 aromatic rings. The van der Waals surface area contributed by atoms with Crippen LogP contribution in [0.5, 0.6) is 17.2 Å². The van der Waals surface area contributed by atoms with Gasteiger partial charge in [0.1, 0.15) is 5.75 Å². The Labute approximate surface area is 147 Å². The second-order valence-electron chi connectivity index (χ2n) is 5.66. The minimum atomic E-state index is 0.0168. The van der Waals surface area contributed by atoms with E-state index in [1.165, 1.54) is 0 Å². The fourth-order valence-corrected chi connectivity index (χ4v) is 2.66. The van der Waals surface area contributed by atoms with E-state index in [0.29, 0.717) is 19.5 Å². The summed E-state index contributed by atoms with van der Waals surface area (Å²) in [5.41, 5.74) is 2.00. The summed E-state index contributed by atoms with van der Waals surface area (Å²) in [6.45, 7) is 1.40. The van der Waals surface area contributed by atoms with Gasteiger partial charge in [0.15, 0.2) is 11.5 Å². The highest BCUT2D eigenvalue weighted by atomic mass is 16.7. The molecule has 132 valence electrons. The van der Waals surface area contributed by atoms with Crippen LogP contribution in [0.25, 0.3) is 0 Å². The van der Waals surface area contributed by atoms with Crippen molar-refractivity contribution in [3.63, 3.8) is 0 Å². The predicted molar refractivity (Wildman–Crippen MR) is 95.4 cm³/mol. The number of amides is 1. The third-order valence-corrected chi connectivity index (χ3v) is 3.96. The van der Waals surface area contributed by atoms with Gasteiger partial charge < -0.3 is 24.8 Å². The van der Waals surface area contributed by atoms with Crippen LogP contribution < -0.4 is 24.8 Å². The smallest absolute Gasteiger partial charge is 0.231 e. The largest absolute Gasteiger partial charge is 0.496 e. The molecule has 0 aliphatic carbocycles. The molecule has 6 heteroatoms. The quantitative estimate of drug-likeness (QED) is 0.772. The summed E-state index contributed by atoms with van der Waals surface area (Å²) in [5, 5.41) is 6.15. The second kappa shape index (κ2) is 8.28. The average Bonchev–Trinajstić information content (AvgIpc) is 3.10. The Morgan fingerprint density at radius 3 is 2.84 bits per heavy atom. The summed E-state index contributed by atoms with van der Waals surface area (Å²) in [6, 6.07) is 13.5. The molecule has 2 N–H and O–H groups in total. The average molecular weight is 342 g/mol. The number of hydrogen-bond donors (Lipinski definition) is 2. The van der Waals surface area contributed by atoms with E-state index in [1.807, 2.05) is 42.5 Å². The Bertz CT molecular complexity index is 733. The third kappa shape index (κ3) is 4.56. The van der Waals surface area contributed by atoms with Crippen LogP contribution in [0.3, 0.4) is 0 Å². The minimum Gasteiger partial charge on any atom is -0.496 e. The molecule has 0 atom stereocenters. The number of carbonyl (C=O) groups excluding carboxylic acids is 1. The van der Waals surface area contributed by atoms with Gasteiger partial charge in [-0.25, -0.2) is 0 Å². The SMILES string of the molecule is COc1ccccc1CCNC(=O)CCNc1ccc2c(c1)OCO2. The Morgan fingerprint density at radius 2 is 1.96 bits per heavy atom. The van der Waals surface area contributed by atoms with Crippen molar-refractivity contribution >= 4 is 11.6 Å². The van der Waals surface area contributed by atoms with Gasteiger partial charge in [-0.1, -0.05) is 18.2 Å². The number of hydrogen-bond acceptors (Lipinski definition) is 5. The number of anilines is 1. The van der Waals surface area contributed by atoms with Crippen molar-refractivity contribution in [2.75, 3.05) is 32.3 Å². The fraction of sp³-hybridized carbons (Fsp3) is 0.316. The third-order valence-electron chi connectivity index (χ3n) is 3.96. The molecule has 0 radical (unpaired) electrons. The van der Waals surface area contributed by atoms with E-state index in [2.05, 4.69) is 10.6 Å². The van der Waals surface area contributed by atoms with Crippen LogP contribution in [0.15, 0.2) is 42.5 Å². The van der Waals surface area contributed by atoms with Gasteiger partial charge in [0.2, 0.25) is 12.7 Å². The van der Waals surface area contributed by atoms with Gasteiger partial charge in [0.05, 0.1) is 7.11 Å². The Hall–Kier alpha value is -2.89. The van der Waals surface area contributed by atoms with E-state index >= 15 is 0 Å². The van der Waals surface area contributed by atoms with Gasteiger partial charge >= 0.3 is 0 Å². The van der Waals surface area contributed by atoms with Crippen molar-refractivity contribution in [3.05, 3.63) is 48.0 Å². The lowest BCUT2D eigenvalue weighted by Crippen LogP contribution is -2.27. The lowest BCUT2D eigenvalue weighted by Gasteiger charge is -2.10. The Morgan fingerprint density at radius 1 is 1.12 bits per heavy atom. The highest BCUT2D eigenvalue weighted by molar-refractivity contribution is 5.76. The molecule has 1 aliphatic rings. The normalized spacial score (nSPS) is 11.9. The standard InChI is InChI=1S/C19H22N2O4/c1-23-16-5-3-2-4-14(16)8-10-21-19(22)9-11-20-15-6-7-17-18(12-15)25-13-24-17/h2-7,12,20H,8-11,13H2,1H3,(H,21,22). The Balaban J connectivity index is 1.37. The first-order valence-corrected chi connectivity index (χ1v) is 8.28. The summed E-state index contributed by atoms with van der Waals surface area (Å²) >= 11 is 0. The molecule has 0 saturated heterocycles. The lowest BCUT2D eigenvalue weighted by molar-refractivity contribution is -0.120. The summed E-state index contributed by atoms with van der Waals surface area (Å²) < 4.78 is 15.9. The van der Waals surface area contributed by atoms with Gasteiger partial charge in [-0.3, -0.25) is 4.79 Å². The van der Waals surface area contributed by atoms with Crippen LogP contribution in [0.1, 0.15) is 12.0 Å². The maximum Gasteiger partial charge on any atom is 0.231 e. The number of rotatable bonds is 8. The zero-order chi connectivity index (χ0) is 17.5. The topological polar surface area (TPSA) is 68.8 Å². The summed E-state index contributed by atoms with van der Waals surface area (Å²) in [4.78, 5) is 11.9. The minimum absolute atomic E-state index is 0.0168. The number of benzene rings is 2. The zero-order valence-corrected chi connectivity index (χ0v) is 14.2. The molecular weight excluding hydrogens is 320 g/mol. The van der Waals surface area contributed by atoms with Gasteiger partial charge in [0.25, 0.3) is 0 Å². The van der Waals surface area contributed by atoms with E-state index in [1.54, 1.807) is 7.11 Å². The monoisotopic (exact) mass is 342 g/mol. The predicted octanol–water partition coefficient (Wildman–Crippen LogP) is 2.58. The zero-order valence-electron chi connectivity index (χ0n) is 14.2. The fourth-order valence-electron chi connectivity index (χ4n) is 2.66. The van der Waals surface area contributed by atoms with Gasteiger partial charge in [0, 0.05) is 31.3 Å². The molecule has 6 nitrogen and oxygen atoms in total. The molecule has 0 bridgehead atoms. The lowest BCUT2D eigenvalue weighted by atomic mass is 10.1. The highest BCUT2D eigenvalue weighted by Crippen LogP contribution is 2.34. The van der Waals surface area contributed by atoms with Gasteiger partial charge in [-0.05, 0) is 30.2 Å². The summed E-state index contributed by atoms with van der Waals surface area (Å²) in [6.07, 6.45) is 1.14. The second-order valence-corrected chi connectivity index (χ2v) is 5.66. The first kappa shape index (κ1) is 17.0. The molecule has 0 aromatic heterocycles. The van der Waals surface area contributed by atoms with Gasteiger partial charge in [-0.15, -0.1) is 0 Å². The maximum absolute atomic E-state index is 11.9. The summed E-state index contributed by atoms with van der Waals surface area (Å²) in [7, 11) is 1.65. The van der Waals surface area contributed by atoms with E-state index in [0.717, 1.165) is 34.9 Å². The van der Waals surface area contributed by atoms with Crippen molar-refractivity contribution in [3.8, 4) is 17.2 Å². The molecule has 0 fully saturated rings.